The average molecular weight is 401 g/mol. The van der Waals surface area contributed by atoms with Crippen molar-refractivity contribution in [3.8, 4) is 0 Å². The van der Waals surface area contributed by atoms with Crippen molar-refractivity contribution in [1.82, 2.24) is 9.21 Å². The Bertz CT molecular complexity index is 811. The lowest BCUT2D eigenvalue weighted by Gasteiger charge is -2.38. The quantitative estimate of drug-likeness (QED) is 0.774. The fraction of sp³-hybridized carbons (Fsp3) is 0.667. The second-order valence-corrected chi connectivity index (χ2v) is 11.3. The molecule has 1 aromatic carbocycles. The molecule has 1 atom stereocenters. The van der Waals surface area contributed by atoms with Crippen LogP contribution in [0.2, 0.25) is 0 Å². The molecule has 2 aliphatic heterocycles. The van der Waals surface area contributed by atoms with Gasteiger partial charge in [-0.1, -0.05) is 12.8 Å². The molecule has 2 fully saturated rings. The van der Waals surface area contributed by atoms with Crippen LogP contribution in [-0.4, -0.2) is 64.5 Å². The zero-order chi connectivity index (χ0) is 18.8. The number of sulfone groups is 1. The molecule has 0 bridgehead atoms. The van der Waals surface area contributed by atoms with Gasteiger partial charge in [-0.25, -0.2) is 16.8 Å². The highest BCUT2D eigenvalue weighted by Crippen LogP contribution is 2.25. The first-order chi connectivity index (χ1) is 12.3. The van der Waals surface area contributed by atoms with Gasteiger partial charge in [-0.2, -0.15) is 4.31 Å². The number of benzene rings is 1. The van der Waals surface area contributed by atoms with E-state index in [0.29, 0.717) is 13.1 Å². The highest BCUT2D eigenvalue weighted by Gasteiger charge is 2.33. The van der Waals surface area contributed by atoms with E-state index in [1.165, 1.54) is 49.9 Å². The Kier molecular flexibility index (Phi) is 6.06. The molecule has 0 aromatic heterocycles. The highest BCUT2D eigenvalue weighted by molar-refractivity contribution is 7.90. The van der Waals surface area contributed by atoms with E-state index in [0.717, 1.165) is 32.2 Å². The number of hydrogen-bond acceptors (Lipinski definition) is 5. The van der Waals surface area contributed by atoms with Gasteiger partial charge in [0, 0.05) is 25.4 Å². The number of rotatable bonds is 4. The minimum atomic E-state index is -3.59. The Morgan fingerprint density at radius 2 is 1.38 bits per heavy atom. The molecule has 0 spiro atoms. The Morgan fingerprint density at radius 1 is 0.808 bits per heavy atom. The first-order valence-electron chi connectivity index (χ1n) is 9.33. The van der Waals surface area contributed by atoms with Crippen LogP contribution in [0, 0.1) is 0 Å². The van der Waals surface area contributed by atoms with E-state index in [1.54, 1.807) is 4.31 Å². The maximum absolute atomic E-state index is 13.0. The van der Waals surface area contributed by atoms with Crippen molar-refractivity contribution in [3.63, 3.8) is 0 Å². The van der Waals surface area contributed by atoms with Gasteiger partial charge in [-0.3, -0.25) is 4.90 Å². The van der Waals surface area contributed by atoms with E-state index in [9.17, 15) is 16.8 Å². The van der Waals surface area contributed by atoms with Crippen molar-refractivity contribution in [2.45, 2.75) is 54.4 Å². The lowest BCUT2D eigenvalue weighted by molar-refractivity contribution is 0.139. The number of piperidine rings is 1. The predicted molar refractivity (Wildman–Crippen MR) is 101 cm³/mol. The molecule has 0 saturated carbocycles. The van der Waals surface area contributed by atoms with Gasteiger partial charge in [0.15, 0.2) is 9.84 Å². The summed E-state index contributed by atoms with van der Waals surface area (Å²) in [5.74, 6) is 0. The molecule has 0 aliphatic carbocycles. The summed E-state index contributed by atoms with van der Waals surface area (Å²) in [7, 11) is -6.92. The summed E-state index contributed by atoms with van der Waals surface area (Å²) >= 11 is 0. The summed E-state index contributed by atoms with van der Waals surface area (Å²) in [5.41, 5.74) is 0. The molecule has 26 heavy (non-hydrogen) atoms. The van der Waals surface area contributed by atoms with Crippen molar-refractivity contribution >= 4 is 19.9 Å². The monoisotopic (exact) mass is 400 g/mol. The van der Waals surface area contributed by atoms with Gasteiger partial charge in [0.2, 0.25) is 10.0 Å². The van der Waals surface area contributed by atoms with E-state index in [-0.39, 0.29) is 15.8 Å². The summed E-state index contributed by atoms with van der Waals surface area (Å²) in [6.07, 6.45) is 7.93. The Morgan fingerprint density at radius 3 is 1.96 bits per heavy atom. The van der Waals surface area contributed by atoms with Crippen molar-refractivity contribution in [2.24, 2.45) is 0 Å². The zero-order valence-corrected chi connectivity index (χ0v) is 16.9. The lowest BCUT2D eigenvalue weighted by atomic mass is 10.1. The van der Waals surface area contributed by atoms with Gasteiger partial charge >= 0.3 is 0 Å². The molecule has 1 aromatic rings. The van der Waals surface area contributed by atoms with Crippen LogP contribution in [0.1, 0.15) is 38.5 Å². The van der Waals surface area contributed by atoms with Crippen LogP contribution >= 0.6 is 0 Å². The van der Waals surface area contributed by atoms with E-state index >= 15 is 0 Å². The number of hydrogen-bond donors (Lipinski definition) is 0. The molecule has 8 heteroatoms. The smallest absolute Gasteiger partial charge is 0.243 e. The molecule has 0 amide bonds. The topological polar surface area (TPSA) is 74.8 Å². The molecule has 0 radical (unpaired) electrons. The molecule has 6 nitrogen and oxygen atoms in total. The van der Waals surface area contributed by atoms with Gasteiger partial charge in [-0.15, -0.1) is 0 Å². The molecule has 1 unspecified atom stereocenters. The maximum Gasteiger partial charge on any atom is 0.243 e. The molecule has 0 N–H and O–H groups in total. The summed E-state index contributed by atoms with van der Waals surface area (Å²) in [6, 6.07) is 5.84. The number of sulfonamides is 1. The van der Waals surface area contributed by atoms with Crippen molar-refractivity contribution < 1.29 is 16.8 Å². The molecule has 2 saturated heterocycles. The third-order valence-corrected chi connectivity index (χ3v) is 8.41. The Hall–Kier alpha value is -0.960. The van der Waals surface area contributed by atoms with E-state index < -0.39 is 19.9 Å². The van der Waals surface area contributed by atoms with Gasteiger partial charge < -0.3 is 0 Å². The van der Waals surface area contributed by atoms with Crippen LogP contribution in [0.4, 0.5) is 0 Å². The van der Waals surface area contributed by atoms with Crippen LogP contribution in [0.5, 0.6) is 0 Å². The van der Waals surface area contributed by atoms with E-state index in [4.69, 9.17) is 0 Å². The maximum atomic E-state index is 13.0. The second-order valence-electron chi connectivity index (χ2n) is 7.35. The van der Waals surface area contributed by atoms with Gasteiger partial charge in [0.25, 0.3) is 0 Å². The van der Waals surface area contributed by atoms with Crippen LogP contribution in [-0.2, 0) is 19.9 Å². The predicted octanol–water partition coefficient (Wildman–Crippen LogP) is 2.12. The molecular formula is C18H28N2O4S2. The fourth-order valence-corrected chi connectivity index (χ4v) is 6.05. The first kappa shape index (κ1) is 19.8. The normalized spacial score (nSPS) is 24.3. The minimum Gasteiger partial charge on any atom is -0.299 e. The summed E-state index contributed by atoms with van der Waals surface area (Å²) in [5, 5.41) is 0. The minimum absolute atomic E-state index is 0.137. The van der Waals surface area contributed by atoms with Crippen molar-refractivity contribution in [1.29, 1.82) is 0 Å². The van der Waals surface area contributed by atoms with Crippen LogP contribution in [0.15, 0.2) is 34.1 Å². The summed E-state index contributed by atoms with van der Waals surface area (Å²) in [6.45, 7) is 3.17. The Labute approximate surface area is 157 Å². The molecule has 2 aliphatic rings. The number of nitrogens with zero attached hydrogens (tertiary/aromatic N) is 2. The van der Waals surface area contributed by atoms with Crippen LogP contribution in [0.3, 0.4) is 0 Å². The molecular weight excluding hydrogens is 372 g/mol. The van der Waals surface area contributed by atoms with Crippen molar-refractivity contribution in [2.75, 3.05) is 32.4 Å². The standard InChI is InChI=1S/C18H28N2O4S2/c1-25(21,22)17-8-10-18(11-9-17)26(23,24)20-14-6-7-16(15-20)19-12-4-2-3-5-13-19/h8-11,16H,2-7,12-15H2,1H3. The third-order valence-electron chi connectivity index (χ3n) is 5.41. The van der Waals surface area contributed by atoms with E-state index in [1.807, 2.05) is 0 Å². The lowest BCUT2D eigenvalue weighted by Crippen LogP contribution is -2.50. The van der Waals surface area contributed by atoms with Gasteiger partial charge in [0.1, 0.15) is 0 Å². The number of likely N-dealkylation sites (tertiary alicyclic amines) is 1. The average Bonchev–Trinajstić information content (AvgIpc) is 2.91. The Balaban J connectivity index is 1.76. The van der Waals surface area contributed by atoms with E-state index in [2.05, 4.69) is 4.90 Å². The molecule has 146 valence electrons. The second kappa shape index (κ2) is 7.96. The van der Waals surface area contributed by atoms with Crippen LogP contribution < -0.4 is 0 Å². The molecule has 2 heterocycles. The first-order valence-corrected chi connectivity index (χ1v) is 12.7. The summed E-state index contributed by atoms with van der Waals surface area (Å²) in [4.78, 5) is 2.76. The highest BCUT2D eigenvalue weighted by atomic mass is 32.2. The third kappa shape index (κ3) is 4.47. The molecule has 3 rings (SSSR count). The van der Waals surface area contributed by atoms with Crippen LogP contribution in [0.25, 0.3) is 0 Å². The SMILES string of the molecule is CS(=O)(=O)c1ccc(S(=O)(=O)N2CCCC(N3CCCCCC3)C2)cc1. The van der Waals surface area contributed by atoms with Crippen molar-refractivity contribution in [3.05, 3.63) is 24.3 Å². The summed E-state index contributed by atoms with van der Waals surface area (Å²) < 4.78 is 50.7. The van der Waals surface area contributed by atoms with Gasteiger partial charge in [-0.05, 0) is 63.0 Å². The van der Waals surface area contributed by atoms with Gasteiger partial charge in [0.05, 0.1) is 9.79 Å². The largest absolute Gasteiger partial charge is 0.299 e. The fourth-order valence-electron chi connectivity index (χ4n) is 3.91. The zero-order valence-electron chi connectivity index (χ0n) is 15.3.